The number of fused-ring (bicyclic) bond motifs is 5. The Kier molecular flexibility index (Phi) is 7.81. The molecule has 20 nitrogen and oxygen atoms in total. The van der Waals surface area contributed by atoms with Gasteiger partial charge in [0.15, 0.2) is 41.3 Å². The molecule has 3 fully saturated rings. The first-order valence-electron chi connectivity index (χ1n) is 13.4. The second kappa shape index (κ2) is 11.5. The number of H-pyrrole nitrogens is 1. The second-order valence-corrected chi connectivity index (χ2v) is 13.5. The Bertz CT molecular complexity index is 1970. The van der Waals surface area contributed by atoms with Gasteiger partial charge in [0.1, 0.15) is 42.4 Å². The highest BCUT2D eigenvalue weighted by Crippen LogP contribution is 2.54. The average Bonchev–Trinajstić information content (AvgIpc) is 3.75. The van der Waals surface area contributed by atoms with Crippen LogP contribution in [0.2, 0.25) is 0 Å². The van der Waals surface area contributed by atoms with Crippen molar-refractivity contribution >= 4 is 64.2 Å². The van der Waals surface area contributed by atoms with Crippen LogP contribution in [0.4, 0.5) is 16.2 Å². The first-order chi connectivity index (χ1) is 21.9. The number of nitrogens with one attached hydrogen (secondary N) is 1. The molecule has 2 bridgehead atoms. The lowest BCUT2D eigenvalue weighted by molar-refractivity contribution is -0.0578. The van der Waals surface area contributed by atoms with E-state index in [2.05, 4.69) is 29.9 Å². The molecule has 4 radical (unpaired) electrons. The molecule has 0 saturated carbocycles. The molecule has 46 heavy (non-hydrogen) atoms. The summed E-state index contributed by atoms with van der Waals surface area (Å²) in [6.07, 6.45) is -7.88. The summed E-state index contributed by atoms with van der Waals surface area (Å²) in [7, 11) is 4.07. The first-order valence-corrected chi connectivity index (χ1v) is 16.6. The van der Waals surface area contributed by atoms with Gasteiger partial charge in [0.2, 0.25) is 21.1 Å². The molecule has 0 aromatic carbocycles. The lowest BCUT2D eigenvalue weighted by atomic mass is 10.1. The van der Waals surface area contributed by atoms with Gasteiger partial charge in [0.25, 0.3) is 20.5 Å². The third-order valence-electron chi connectivity index (χ3n) is 7.59. The number of aromatic amines is 1. The quantitative estimate of drug-likeness (QED) is 0.185. The Morgan fingerprint density at radius 3 is 2.28 bits per heavy atom. The second-order valence-electron chi connectivity index (χ2n) is 10.4. The Labute approximate surface area is 259 Å². The van der Waals surface area contributed by atoms with E-state index in [1.165, 1.54) is 28.9 Å². The van der Waals surface area contributed by atoms with Crippen LogP contribution in [0.3, 0.4) is 0 Å². The van der Waals surface area contributed by atoms with E-state index in [-0.39, 0.29) is 34.1 Å². The molecule has 3 aliphatic heterocycles. The van der Waals surface area contributed by atoms with Crippen molar-refractivity contribution in [3.8, 4) is 0 Å². The van der Waals surface area contributed by atoms with Crippen molar-refractivity contribution in [2.45, 2.75) is 49.1 Å². The van der Waals surface area contributed by atoms with Crippen molar-refractivity contribution in [2.24, 2.45) is 0 Å². The Balaban J connectivity index is 1.22. The van der Waals surface area contributed by atoms with Crippen LogP contribution in [-0.2, 0) is 41.4 Å². The number of methoxy groups -OCH3 is 1. The van der Waals surface area contributed by atoms with Gasteiger partial charge < -0.3 is 43.8 Å². The minimum atomic E-state index is -4.57. The van der Waals surface area contributed by atoms with Crippen LogP contribution < -0.4 is 17.0 Å². The van der Waals surface area contributed by atoms with Crippen LogP contribution in [0.15, 0.2) is 23.8 Å². The molecule has 240 valence electrons. The van der Waals surface area contributed by atoms with E-state index in [9.17, 15) is 13.9 Å². The highest BCUT2D eigenvalue weighted by molar-refractivity contribution is 7.79. The topological polar surface area (TPSA) is 258 Å². The Morgan fingerprint density at radius 1 is 0.935 bits per heavy atom. The van der Waals surface area contributed by atoms with Crippen LogP contribution in [0.5, 0.6) is 0 Å². The van der Waals surface area contributed by atoms with Crippen LogP contribution in [0.1, 0.15) is 12.5 Å². The molecule has 0 amide bonds. The number of anilines is 2. The van der Waals surface area contributed by atoms with Gasteiger partial charge in [-0.25, -0.2) is 24.3 Å². The van der Waals surface area contributed by atoms with Gasteiger partial charge in [-0.05, 0) is 0 Å². The van der Waals surface area contributed by atoms with Crippen molar-refractivity contribution < 1.29 is 45.8 Å². The third kappa shape index (κ3) is 5.44. The predicted molar refractivity (Wildman–Crippen MR) is 154 cm³/mol. The molecule has 0 aliphatic carbocycles. The number of halogens is 1. The van der Waals surface area contributed by atoms with E-state index >= 15 is 4.39 Å². The van der Waals surface area contributed by atoms with Crippen LogP contribution in [-0.4, -0.2) is 111 Å². The molecule has 3 saturated heterocycles. The van der Waals surface area contributed by atoms with Crippen molar-refractivity contribution in [3.05, 3.63) is 29.3 Å². The molecule has 25 heteroatoms. The average molecular weight is 678 g/mol. The number of ether oxygens (including phenoxy) is 3. The fourth-order valence-corrected chi connectivity index (χ4v) is 7.57. The van der Waals surface area contributed by atoms with E-state index in [1.807, 2.05) is 0 Å². The molecule has 3 aliphatic rings. The Morgan fingerprint density at radius 2 is 1.57 bits per heavy atom. The monoisotopic (exact) mass is 678 g/mol. The highest BCUT2D eigenvalue weighted by Gasteiger charge is 2.53. The summed E-state index contributed by atoms with van der Waals surface area (Å²) in [6, 6.07) is 0. The molecule has 2 unspecified atom stereocenters. The molecule has 10 atom stereocenters. The fraction of sp³-hybridized carbons (Fsp3) is 0.524. The van der Waals surface area contributed by atoms with E-state index < -0.39 is 82.9 Å². The molecule has 7 heterocycles. The predicted octanol–water partition coefficient (Wildman–Crippen LogP) is -0.358. The molecule has 4 aromatic rings. The summed E-state index contributed by atoms with van der Waals surface area (Å²) in [5, 5.41) is 0. The van der Waals surface area contributed by atoms with E-state index in [0.717, 1.165) is 6.33 Å². The van der Waals surface area contributed by atoms with Crippen LogP contribution in [0, 0.1) is 0 Å². The van der Waals surface area contributed by atoms with Crippen molar-refractivity contribution in [3.63, 3.8) is 0 Å². The number of rotatable bonds is 3. The van der Waals surface area contributed by atoms with E-state index in [4.69, 9.17) is 58.9 Å². The number of imidazole rings is 2. The van der Waals surface area contributed by atoms with Crippen molar-refractivity contribution in [1.82, 2.24) is 39.0 Å². The zero-order chi connectivity index (χ0) is 32.5. The number of nitrogens with two attached hydrogens (primary N) is 2. The summed E-state index contributed by atoms with van der Waals surface area (Å²) in [6.45, 7) is -1.25. The lowest BCUT2D eigenvalue weighted by Gasteiger charge is -2.28. The van der Waals surface area contributed by atoms with Gasteiger partial charge in [-0.2, -0.15) is 4.98 Å². The van der Waals surface area contributed by atoms with E-state index in [0.29, 0.717) is 0 Å². The first kappa shape index (κ1) is 31.3. The van der Waals surface area contributed by atoms with Gasteiger partial charge in [-0.3, -0.25) is 28.0 Å². The van der Waals surface area contributed by atoms with Gasteiger partial charge >= 0.3 is 0 Å². The molecular weight excluding hydrogens is 655 g/mol. The Hall–Kier alpha value is -3.26. The van der Waals surface area contributed by atoms with Crippen molar-refractivity contribution in [2.75, 3.05) is 31.8 Å². The van der Waals surface area contributed by atoms with Crippen LogP contribution >= 0.6 is 14.9 Å². The summed E-state index contributed by atoms with van der Waals surface area (Å²) in [4.78, 5) is 34.9. The van der Waals surface area contributed by atoms with Gasteiger partial charge in [-0.1, -0.05) is 0 Å². The fourth-order valence-electron chi connectivity index (χ4n) is 5.58. The number of aromatic nitrogens is 8. The minimum absolute atomic E-state index is 0.0146. The third-order valence-corrected chi connectivity index (χ3v) is 9.68. The number of hydrogen-bond donors (Lipinski definition) is 3. The summed E-state index contributed by atoms with van der Waals surface area (Å²) in [5.41, 5.74) is 11.1. The molecule has 4 aromatic heterocycles. The molecule has 5 N–H and O–H groups in total. The summed E-state index contributed by atoms with van der Waals surface area (Å²) in [5.74, 6) is -0.177. The van der Waals surface area contributed by atoms with Gasteiger partial charge in [-0.15, -0.1) is 0 Å². The molecule has 0 spiro atoms. The number of hydrogen-bond acceptors (Lipinski definition) is 17. The SMILES string of the molecule is [B][P@]1(=O)OCC2O[C@@H](n3cnc4c(=O)[nH]c(N)nc43)[C@@H](O[P@@]([B])(=O)OC[C@H]3OC(n4cnc5c(N)ncnc54)[C@@H](F)[C@H]3O1)[C@H]2OC. The maximum absolute atomic E-state index is 16.0. The zero-order valence-electron chi connectivity index (χ0n) is 23.6. The normalized spacial score (nSPS) is 37.1. The standard InChI is InChI=1S/C21H23B2FN10O10P2/c1-38-13-8-3-40-45(22,36)43-12-7(41-19(9(12)24)33-5-29-10-15(25)27-4-28-16(10)33)2-39-46(23,37)44-14(13)20(42-8)34-6-30-11-17(34)31-21(26)32-18(11)35/h4-9,12-14,19-20H,2-3H2,1H3,(H2,25,27,28)(H3,26,31,32,35)/t7-,8?,9+,12+,13+,14+,19?,20-,45+,46+/m1/s1. The zero-order valence-corrected chi connectivity index (χ0v) is 25.3. The maximum atomic E-state index is 16.0. The smallest absolute Gasteiger partial charge is 0.280 e. The maximum Gasteiger partial charge on any atom is 0.280 e. The van der Waals surface area contributed by atoms with Crippen LogP contribution in [0.25, 0.3) is 22.3 Å². The summed E-state index contributed by atoms with van der Waals surface area (Å²) >= 11 is 0. The largest absolute Gasteiger partial charge is 0.382 e. The van der Waals surface area contributed by atoms with Gasteiger partial charge in [0.05, 0.1) is 25.9 Å². The molecular formula is C21H23B2FN10O10P2. The number of nitrogen functional groups attached to an aromatic ring is 2. The van der Waals surface area contributed by atoms with Crippen molar-refractivity contribution in [1.29, 1.82) is 0 Å². The highest BCUT2D eigenvalue weighted by atomic mass is 31.2. The number of alkyl halides is 1. The minimum Gasteiger partial charge on any atom is -0.382 e. The number of nitrogens with zero attached hydrogens (tertiary/aromatic N) is 7. The van der Waals surface area contributed by atoms with E-state index in [1.54, 1.807) is 0 Å². The molecule has 7 rings (SSSR count). The summed E-state index contributed by atoms with van der Waals surface area (Å²) < 4.78 is 85.1. The van der Waals surface area contributed by atoms with Gasteiger partial charge in [0, 0.05) is 7.11 Å². The lowest BCUT2D eigenvalue weighted by Crippen LogP contribution is -2.37.